The van der Waals surface area contributed by atoms with Gasteiger partial charge in [-0.15, -0.1) is 0 Å². The van der Waals surface area contributed by atoms with Crippen LogP contribution in [-0.4, -0.2) is 17.0 Å². The second kappa shape index (κ2) is 7.92. The molecule has 0 aliphatic carbocycles. The van der Waals surface area contributed by atoms with Gasteiger partial charge in [0.25, 0.3) is 0 Å². The van der Waals surface area contributed by atoms with Gasteiger partial charge in [-0.25, -0.2) is 9.18 Å². The highest BCUT2D eigenvalue weighted by molar-refractivity contribution is 5.96. The van der Waals surface area contributed by atoms with Crippen molar-refractivity contribution in [2.45, 2.75) is 13.5 Å². The molecule has 6 heteroatoms. The molecular formula is C18H16FNO4. The van der Waals surface area contributed by atoms with E-state index in [9.17, 15) is 14.0 Å². The van der Waals surface area contributed by atoms with Crippen LogP contribution in [0.25, 0.3) is 6.08 Å². The maximum atomic E-state index is 12.8. The summed E-state index contributed by atoms with van der Waals surface area (Å²) in [6.45, 7) is 1.53. The van der Waals surface area contributed by atoms with Gasteiger partial charge in [-0.2, -0.15) is 0 Å². The molecule has 0 atom stereocenters. The first kappa shape index (κ1) is 17.2. The topological polar surface area (TPSA) is 75.6 Å². The van der Waals surface area contributed by atoms with Crippen LogP contribution in [0, 0.1) is 5.82 Å². The second-order valence-electron chi connectivity index (χ2n) is 5.03. The summed E-state index contributed by atoms with van der Waals surface area (Å²) < 4.78 is 18.4. The van der Waals surface area contributed by atoms with Gasteiger partial charge in [0.05, 0.1) is 0 Å². The molecule has 0 heterocycles. The van der Waals surface area contributed by atoms with Gasteiger partial charge in [-0.3, -0.25) is 4.79 Å². The molecule has 0 saturated carbocycles. The number of amides is 1. The zero-order chi connectivity index (χ0) is 17.5. The molecule has 24 heavy (non-hydrogen) atoms. The van der Waals surface area contributed by atoms with E-state index in [4.69, 9.17) is 9.84 Å². The minimum Gasteiger partial charge on any atom is -0.489 e. The first-order valence-corrected chi connectivity index (χ1v) is 7.14. The van der Waals surface area contributed by atoms with Gasteiger partial charge < -0.3 is 15.2 Å². The molecule has 1 amide bonds. The molecule has 0 radical (unpaired) electrons. The highest BCUT2D eigenvalue weighted by atomic mass is 19.1. The fourth-order valence-corrected chi connectivity index (χ4v) is 1.92. The Labute approximate surface area is 138 Å². The standard InChI is InChI=1S/C18H16FNO4/c1-12(21)20-17(18(22)23)10-13-4-8-16(9-5-13)24-11-14-2-6-15(19)7-3-14/h2-10H,11H2,1H3,(H,20,21)(H,22,23)/b17-10+. The molecule has 2 aromatic rings. The van der Waals surface area contributed by atoms with Crippen LogP contribution in [-0.2, 0) is 16.2 Å². The fourth-order valence-electron chi connectivity index (χ4n) is 1.92. The Morgan fingerprint density at radius 3 is 2.29 bits per heavy atom. The summed E-state index contributed by atoms with van der Waals surface area (Å²) in [7, 11) is 0. The van der Waals surface area contributed by atoms with Crippen molar-refractivity contribution in [2.75, 3.05) is 0 Å². The van der Waals surface area contributed by atoms with E-state index in [2.05, 4.69) is 5.32 Å². The normalized spacial score (nSPS) is 11.0. The predicted molar refractivity (Wildman–Crippen MR) is 86.6 cm³/mol. The van der Waals surface area contributed by atoms with Crippen LogP contribution in [0.5, 0.6) is 5.75 Å². The van der Waals surface area contributed by atoms with Gasteiger partial charge in [0.15, 0.2) is 0 Å². The minimum atomic E-state index is -1.22. The molecule has 2 N–H and O–H groups in total. The third-order valence-electron chi connectivity index (χ3n) is 3.05. The lowest BCUT2D eigenvalue weighted by Gasteiger charge is -2.07. The fraction of sp³-hybridized carbons (Fsp3) is 0.111. The Morgan fingerprint density at radius 2 is 1.75 bits per heavy atom. The van der Waals surface area contributed by atoms with Crippen molar-refractivity contribution in [1.29, 1.82) is 0 Å². The van der Waals surface area contributed by atoms with Crippen LogP contribution in [0.3, 0.4) is 0 Å². The van der Waals surface area contributed by atoms with Crippen molar-refractivity contribution in [3.05, 3.63) is 71.2 Å². The van der Waals surface area contributed by atoms with Gasteiger partial charge in [0.1, 0.15) is 23.9 Å². The third kappa shape index (κ3) is 5.24. The number of halogens is 1. The Balaban J connectivity index is 2.02. The van der Waals surface area contributed by atoms with E-state index in [1.54, 1.807) is 36.4 Å². The van der Waals surface area contributed by atoms with Crippen molar-refractivity contribution in [1.82, 2.24) is 5.32 Å². The highest BCUT2D eigenvalue weighted by Crippen LogP contribution is 2.16. The number of rotatable bonds is 6. The molecule has 0 fully saturated rings. The van der Waals surface area contributed by atoms with Crippen molar-refractivity contribution in [3.63, 3.8) is 0 Å². The molecule has 124 valence electrons. The zero-order valence-corrected chi connectivity index (χ0v) is 13.0. The number of ether oxygens (including phenoxy) is 1. The van der Waals surface area contributed by atoms with E-state index in [0.29, 0.717) is 17.9 Å². The summed E-state index contributed by atoms with van der Waals surface area (Å²) >= 11 is 0. The molecule has 0 bridgehead atoms. The molecular weight excluding hydrogens is 313 g/mol. The van der Waals surface area contributed by atoms with Crippen LogP contribution in [0.4, 0.5) is 4.39 Å². The summed E-state index contributed by atoms with van der Waals surface area (Å²) in [5.41, 5.74) is 1.23. The van der Waals surface area contributed by atoms with E-state index in [-0.39, 0.29) is 11.5 Å². The van der Waals surface area contributed by atoms with Crippen LogP contribution in [0.1, 0.15) is 18.1 Å². The average Bonchev–Trinajstić information content (AvgIpc) is 2.54. The Morgan fingerprint density at radius 1 is 1.12 bits per heavy atom. The maximum Gasteiger partial charge on any atom is 0.352 e. The zero-order valence-electron chi connectivity index (χ0n) is 13.0. The summed E-state index contributed by atoms with van der Waals surface area (Å²) in [4.78, 5) is 22.0. The van der Waals surface area contributed by atoms with Crippen molar-refractivity contribution >= 4 is 18.0 Å². The van der Waals surface area contributed by atoms with Crippen LogP contribution >= 0.6 is 0 Å². The van der Waals surface area contributed by atoms with Crippen LogP contribution in [0.2, 0.25) is 0 Å². The summed E-state index contributed by atoms with van der Waals surface area (Å²) in [6.07, 6.45) is 1.35. The van der Waals surface area contributed by atoms with Crippen molar-refractivity contribution < 1.29 is 23.8 Å². The number of carbonyl (C=O) groups is 2. The number of benzene rings is 2. The van der Waals surface area contributed by atoms with Crippen molar-refractivity contribution in [2.24, 2.45) is 0 Å². The summed E-state index contributed by atoms with van der Waals surface area (Å²) in [5, 5.41) is 11.3. The van der Waals surface area contributed by atoms with E-state index in [0.717, 1.165) is 5.56 Å². The number of carbonyl (C=O) groups excluding carboxylic acids is 1. The highest BCUT2D eigenvalue weighted by Gasteiger charge is 2.08. The quantitative estimate of drug-likeness (QED) is 0.799. The maximum absolute atomic E-state index is 12.8. The molecule has 0 saturated heterocycles. The molecule has 5 nitrogen and oxygen atoms in total. The number of hydrogen-bond acceptors (Lipinski definition) is 3. The van der Waals surface area contributed by atoms with Gasteiger partial charge >= 0.3 is 5.97 Å². The molecule has 0 unspecified atom stereocenters. The Hall–Kier alpha value is -3.15. The Bertz CT molecular complexity index is 752. The summed E-state index contributed by atoms with van der Waals surface area (Å²) in [6, 6.07) is 12.7. The van der Waals surface area contributed by atoms with Gasteiger partial charge in [-0.1, -0.05) is 24.3 Å². The molecule has 0 aliphatic rings. The summed E-state index contributed by atoms with van der Waals surface area (Å²) in [5.74, 6) is -1.39. The lowest BCUT2D eigenvalue weighted by Crippen LogP contribution is -2.24. The third-order valence-corrected chi connectivity index (χ3v) is 3.05. The molecule has 2 aromatic carbocycles. The monoisotopic (exact) mass is 329 g/mol. The predicted octanol–water partition coefficient (Wildman–Crippen LogP) is 2.97. The number of carboxylic acid groups (broad SMARTS) is 1. The lowest BCUT2D eigenvalue weighted by atomic mass is 10.2. The van der Waals surface area contributed by atoms with Gasteiger partial charge in [0.2, 0.25) is 5.91 Å². The van der Waals surface area contributed by atoms with E-state index in [1.807, 2.05) is 0 Å². The first-order valence-electron chi connectivity index (χ1n) is 7.14. The molecule has 0 aromatic heterocycles. The minimum absolute atomic E-state index is 0.206. The largest absolute Gasteiger partial charge is 0.489 e. The SMILES string of the molecule is CC(=O)N/C(=C/c1ccc(OCc2ccc(F)cc2)cc1)C(=O)O. The average molecular weight is 329 g/mol. The van der Waals surface area contributed by atoms with Crippen molar-refractivity contribution in [3.8, 4) is 5.75 Å². The second-order valence-corrected chi connectivity index (χ2v) is 5.03. The van der Waals surface area contributed by atoms with E-state index < -0.39 is 11.9 Å². The van der Waals surface area contributed by atoms with Gasteiger partial charge in [-0.05, 0) is 41.5 Å². The number of hydrogen-bond donors (Lipinski definition) is 2. The van der Waals surface area contributed by atoms with E-state index in [1.165, 1.54) is 25.1 Å². The smallest absolute Gasteiger partial charge is 0.352 e. The van der Waals surface area contributed by atoms with Crippen LogP contribution in [0.15, 0.2) is 54.2 Å². The van der Waals surface area contributed by atoms with Gasteiger partial charge in [0, 0.05) is 6.92 Å². The Kier molecular flexibility index (Phi) is 5.68. The molecule has 0 aliphatic heterocycles. The molecule has 2 rings (SSSR count). The van der Waals surface area contributed by atoms with Crippen LogP contribution < -0.4 is 10.1 Å². The first-order chi connectivity index (χ1) is 11.4. The number of nitrogens with one attached hydrogen (secondary N) is 1. The number of aliphatic carboxylic acids is 1. The van der Waals surface area contributed by atoms with E-state index >= 15 is 0 Å². The lowest BCUT2D eigenvalue weighted by molar-refractivity contribution is -0.134. The number of carboxylic acids is 1. The molecule has 0 spiro atoms.